The number of amides is 3. The topological polar surface area (TPSA) is 78.3 Å². The lowest BCUT2D eigenvalue weighted by Gasteiger charge is -2.31. The van der Waals surface area contributed by atoms with Gasteiger partial charge in [0.1, 0.15) is 12.3 Å². The van der Waals surface area contributed by atoms with Crippen molar-refractivity contribution in [1.29, 1.82) is 0 Å². The van der Waals surface area contributed by atoms with Crippen LogP contribution in [0.25, 0.3) is 0 Å². The molecule has 0 saturated carbocycles. The molecule has 0 unspecified atom stereocenters. The number of nitrogens with zero attached hydrogens (tertiary/aromatic N) is 3. The highest BCUT2D eigenvalue weighted by molar-refractivity contribution is 5.93. The molecule has 0 spiro atoms. The monoisotopic (exact) mass is 558 g/mol. The van der Waals surface area contributed by atoms with Crippen LogP contribution in [0.1, 0.15) is 16.9 Å². The molecule has 1 aliphatic rings. The number of nitrogens with one attached hydrogen (secondary N) is 1. The second-order valence-corrected chi connectivity index (χ2v) is 9.48. The highest BCUT2D eigenvalue weighted by Gasteiger charge is 2.34. The maximum Gasteiger partial charge on any atom is 0.418 e. The quantitative estimate of drug-likeness (QED) is 0.368. The van der Waals surface area contributed by atoms with Crippen molar-refractivity contribution >= 4 is 17.6 Å². The van der Waals surface area contributed by atoms with Gasteiger partial charge in [-0.15, -0.1) is 0 Å². The van der Waals surface area contributed by atoms with Gasteiger partial charge in [-0.1, -0.05) is 42.5 Å². The lowest BCUT2D eigenvalue weighted by Crippen LogP contribution is -2.48. The highest BCUT2D eigenvalue weighted by Crippen LogP contribution is 2.34. The lowest BCUT2D eigenvalue weighted by molar-refractivity contribution is -0.137. The summed E-state index contributed by atoms with van der Waals surface area (Å²) in [5, 5.41) is 2.39. The predicted octanol–water partition coefficient (Wildman–Crippen LogP) is 4.74. The van der Waals surface area contributed by atoms with Crippen molar-refractivity contribution in [3.8, 4) is 0 Å². The molecule has 4 rings (SSSR count). The number of ether oxygens (including phenoxy) is 1. The van der Waals surface area contributed by atoms with Gasteiger partial charge in [0.2, 0.25) is 5.91 Å². The minimum absolute atomic E-state index is 0.152. The van der Waals surface area contributed by atoms with Crippen molar-refractivity contribution < 1.29 is 31.9 Å². The van der Waals surface area contributed by atoms with Gasteiger partial charge in [0, 0.05) is 32.7 Å². The summed E-state index contributed by atoms with van der Waals surface area (Å²) in [5.74, 6) is 0.249. The van der Waals surface area contributed by atoms with E-state index in [1.165, 1.54) is 29.4 Å². The van der Waals surface area contributed by atoms with Crippen LogP contribution in [0.15, 0.2) is 77.4 Å². The molecule has 1 N–H and O–H groups in total. The summed E-state index contributed by atoms with van der Waals surface area (Å²) < 4.78 is 51.5. The molecule has 3 amide bonds. The third-order valence-electron chi connectivity index (χ3n) is 6.67. The minimum Gasteiger partial charge on any atom is -0.467 e. The zero-order valence-corrected chi connectivity index (χ0v) is 22.1. The predicted molar refractivity (Wildman–Crippen MR) is 144 cm³/mol. The number of furan rings is 1. The molecule has 1 aromatic heterocycles. The summed E-state index contributed by atoms with van der Waals surface area (Å²) in [6, 6.07) is 17.2. The summed E-state index contributed by atoms with van der Waals surface area (Å²) in [6.45, 7) is 3.32. The molecule has 1 aliphatic heterocycles. The molecule has 2 heterocycles. The van der Waals surface area contributed by atoms with E-state index >= 15 is 0 Å². The Morgan fingerprint density at radius 1 is 0.900 bits per heavy atom. The van der Waals surface area contributed by atoms with E-state index in [1.807, 2.05) is 30.3 Å². The summed E-state index contributed by atoms with van der Waals surface area (Å²) in [6.07, 6.45) is -2.53. The van der Waals surface area contributed by atoms with Gasteiger partial charge in [-0.3, -0.25) is 9.69 Å². The van der Waals surface area contributed by atoms with Crippen LogP contribution in [-0.4, -0.2) is 79.1 Å². The van der Waals surface area contributed by atoms with E-state index in [-0.39, 0.29) is 31.2 Å². The largest absolute Gasteiger partial charge is 0.467 e. The molecule has 214 valence electrons. The fourth-order valence-corrected chi connectivity index (χ4v) is 4.43. The standard InChI is InChI=1S/C29H33F3N4O4/c30-29(31,32)25-10-4-5-11-26(25)33-28(38)36(15-14-34-16-19-39-20-17-34)22-27(37)35(21-24-9-6-18-40-24)13-12-23-7-2-1-3-8-23/h1-11,18H,12-17,19-22H2,(H,33,38). The summed E-state index contributed by atoms with van der Waals surface area (Å²) in [7, 11) is 0. The van der Waals surface area contributed by atoms with E-state index in [0.29, 0.717) is 51.6 Å². The summed E-state index contributed by atoms with van der Waals surface area (Å²) in [5.41, 5.74) is -0.268. The van der Waals surface area contributed by atoms with Gasteiger partial charge in [-0.05, 0) is 36.2 Å². The van der Waals surface area contributed by atoms with Crippen LogP contribution in [0.4, 0.5) is 23.7 Å². The molecule has 8 nitrogen and oxygen atoms in total. The van der Waals surface area contributed by atoms with Crippen LogP contribution >= 0.6 is 0 Å². The first-order chi connectivity index (χ1) is 19.3. The third kappa shape index (κ3) is 8.59. The molecule has 40 heavy (non-hydrogen) atoms. The van der Waals surface area contributed by atoms with Crippen LogP contribution in [0, 0.1) is 0 Å². The van der Waals surface area contributed by atoms with Gasteiger partial charge < -0.3 is 24.3 Å². The number of para-hydroxylation sites is 1. The van der Waals surface area contributed by atoms with E-state index in [0.717, 1.165) is 11.6 Å². The van der Waals surface area contributed by atoms with Crippen molar-refractivity contribution in [2.45, 2.75) is 19.1 Å². The number of rotatable bonds is 11. The Kier molecular flexibility index (Phi) is 10.2. The molecule has 0 aliphatic carbocycles. The van der Waals surface area contributed by atoms with Crippen molar-refractivity contribution in [2.75, 3.05) is 57.8 Å². The molecular weight excluding hydrogens is 525 g/mol. The van der Waals surface area contributed by atoms with E-state index in [1.54, 1.807) is 17.0 Å². The average molecular weight is 559 g/mol. The maximum atomic E-state index is 13.6. The molecule has 2 aromatic carbocycles. The molecule has 1 saturated heterocycles. The van der Waals surface area contributed by atoms with E-state index in [9.17, 15) is 22.8 Å². The number of urea groups is 1. The first-order valence-electron chi connectivity index (χ1n) is 13.2. The number of alkyl halides is 3. The zero-order chi connectivity index (χ0) is 28.4. The van der Waals surface area contributed by atoms with Gasteiger partial charge in [0.15, 0.2) is 0 Å². The normalized spacial score (nSPS) is 14.1. The number of carbonyl (C=O) groups excluding carboxylic acids is 2. The smallest absolute Gasteiger partial charge is 0.418 e. The average Bonchev–Trinajstić information content (AvgIpc) is 3.47. The fourth-order valence-electron chi connectivity index (χ4n) is 4.43. The van der Waals surface area contributed by atoms with Gasteiger partial charge in [0.05, 0.1) is 37.3 Å². The number of halogens is 3. The Bertz CT molecular complexity index is 1220. The van der Waals surface area contributed by atoms with E-state index in [4.69, 9.17) is 9.15 Å². The fraction of sp³-hybridized carbons (Fsp3) is 0.379. The van der Waals surface area contributed by atoms with Crippen molar-refractivity contribution in [2.24, 2.45) is 0 Å². The molecule has 11 heteroatoms. The van der Waals surface area contributed by atoms with Crippen molar-refractivity contribution in [3.63, 3.8) is 0 Å². The third-order valence-corrected chi connectivity index (χ3v) is 6.67. The Morgan fingerprint density at radius 3 is 2.33 bits per heavy atom. The van der Waals surface area contributed by atoms with Gasteiger partial charge in [0.25, 0.3) is 0 Å². The number of hydrogen-bond donors (Lipinski definition) is 1. The summed E-state index contributed by atoms with van der Waals surface area (Å²) in [4.78, 5) is 31.9. The Labute approximate surface area is 231 Å². The van der Waals surface area contributed by atoms with Crippen LogP contribution in [0.2, 0.25) is 0 Å². The molecular formula is C29H33F3N4O4. The number of anilines is 1. The van der Waals surface area contributed by atoms with Crippen LogP contribution in [0.3, 0.4) is 0 Å². The highest BCUT2D eigenvalue weighted by atomic mass is 19.4. The van der Waals surface area contributed by atoms with Crippen molar-refractivity contribution in [3.05, 3.63) is 89.9 Å². The van der Waals surface area contributed by atoms with E-state index in [2.05, 4.69) is 10.2 Å². The van der Waals surface area contributed by atoms with Gasteiger partial charge in [-0.2, -0.15) is 13.2 Å². The minimum atomic E-state index is -4.64. The van der Waals surface area contributed by atoms with Gasteiger partial charge in [-0.25, -0.2) is 4.79 Å². The Balaban J connectivity index is 1.50. The van der Waals surface area contributed by atoms with Crippen molar-refractivity contribution in [1.82, 2.24) is 14.7 Å². The molecule has 0 bridgehead atoms. The zero-order valence-electron chi connectivity index (χ0n) is 22.1. The summed E-state index contributed by atoms with van der Waals surface area (Å²) >= 11 is 0. The molecule has 0 atom stereocenters. The SMILES string of the molecule is O=C(CN(CCN1CCOCC1)C(=O)Nc1ccccc1C(F)(F)F)N(CCc1ccccc1)Cc1ccco1. The number of morpholine rings is 1. The van der Waals surface area contributed by atoms with Crippen LogP contribution < -0.4 is 5.32 Å². The maximum absolute atomic E-state index is 13.6. The number of benzene rings is 2. The first-order valence-corrected chi connectivity index (χ1v) is 13.2. The second kappa shape index (κ2) is 14.0. The lowest BCUT2D eigenvalue weighted by atomic mass is 10.1. The Morgan fingerprint density at radius 2 is 1.62 bits per heavy atom. The van der Waals surface area contributed by atoms with Gasteiger partial charge >= 0.3 is 12.2 Å². The molecule has 0 radical (unpaired) electrons. The number of carbonyl (C=O) groups is 2. The van der Waals surface area contributed by atoms with Crippen LogP contribution in [0.5, 0.6) is 0 Å². The second-order valence-electron chi connectivity index (χ2n) is 9.48. The number of hydrogen-bond acceptors (Lipinski definition) is 5. The Hall–Kier alpha value is -3.83. The first kappa shape index (κ1) is 29.2. The van der Waals surface area contributed by atoms with Crippen LogP contribution in [-0.2, 0) is 28.7 Å². The molecule has 1 fully saturated rings. The molecule has 3 aromatic rings. The van der Waals surface area contributed by atoms with E-state index < -0.39 is 17.8 Å².